The molecule has 0 aliphatic carbocycles. The maximum Gasteiger partial charge on any atom is 0.271 e. The summed E-state index contributed by atoms with van der Waals surface area (Å²) in [5.74, 6) is 0. The highest BCUT2D eigenvalue weighted by Crippen LogP contribution is 2.17. The molecule has 4 nitrogen and oxygen atoms in total. The number of rotatable bonds is 1. The Kier molecular flexibility index (Phi) is 1.66. The Morgan fingerprint density at radius 3 is 2.92 bits per heavy atom. The summed E-state index contributed by atoms with van der Waals surface area (Å²) in [5, 5.41) is 11.3. The van der Waals surface area contributed by atoms with Gasteiger partial charge < -0.3 is 0 Å². The lowest BCUT2D eigenvalue weighted by Gasteiger charge is -1.95. The second-order valence-electron chi connectivity index (χ2n) is 2.64. The minimum Gasteiger partial charge on any atom is -0.258 e. The highest BCUT2D eigenvalue weighted by molar-refractivity contribution is 5.80. The summed E-state index contributed by atoms with van der Waals surface area (Å²) in [6, 6.07) is 8.31. The second kappa shape index (κ2) is 2.82. The lowest BCUT2D eigenvalue weighted by atomic mass is 10.2. The molecule has 1 heterocycles. The minimum atomic E-state index is -0.422. The Morgan fingerprint density at radius 1 is 1.31 bits per heavy atom. The van der Waals surface area contributed by atoms with Crippen molar-refractivity contribution in [2.45, 2.75) is 0 Å². The van der Waals surface area contributed by atoms with E-state index in [1.807, 2.05) is 6.07 Å². The molecule has 0 aliphatic rings. The molecule has 0 unspecified atom stereocenters. The van der Waals surface area contributed by atoms with Crippen LogP contribution in [0.5, 0.6) is 0 Å². The van der Waals surface area contributed by atoms with Gasteiger partial charge >= 0.3 is 0 Å². The van der Waals surface area contributed by atoms with Crippen LogP contribution < -0.4 is 0 Å². The zero-order valence-corrected chi connectivity index (χ0v) is 6.68. The zero-order valence-electron chi connectivity index (χ0n) is 6.68. The molecule has 0 atom stereocenters. The third-order valence-corrected chi connectivity index (χ3v) is 1.80. The molecule has 4 heteroatoms. The van der Waals surface area contributed by atoms with Gasteiger partial charge in [0.25, 0.3) is 5.69 Å². The van der Waals surface area contributed by atoms with Crippen LogP contribution >= 0.6 is 0 Å². The summed E-state index contributed by atoms with van der Waals surface area (Å²) in [5.41, 5.74) is 0.725. The molecule has 13 heavy (non-hydrogen) atoms. The van der Waals surface area contributed by atoms with E-state index < -0.39 is 4.92 Å². The fourth-order valence-electron chi connectivity index (χ4n) is 1.17. The first-order chi connectivity index (χ1) is 6.27. The van der Waals surface area contributed by atoms with Crippen LogP contribution in [0.1, 0.15) is 0 Å². The van der Waals surface area contributed by atoms with Crippen molar-refractivity contribution in [1.29, 1.82) is 0 Å². The summed E-state index contributed by atoms with van der Waals surface area (Å²) < 4.78 is 0. The van der Waals surface area contributed by atoms with Crippen molar-refractivity contribution in [2.75, 3.05) is 0 Å². The van der Waals surface area contributed by atoms with Gasteiger partial charge in [0, 0.05) is 23.7 Å². The number of hydrogen-bond donors (Lipinski definition) is 0. The van der Waals surface area contributed by atoms with Gasteiger partial charge in [0.15, 0.2) is 0 Å². The van der Waals surface area contributed by atoms with Crippen LogP contribution in [0.2, 0.25) is 0 Å². The third kappa shape index (κ3) is 1.33. The topological polar surface area (TPSA) is 56.0 Å². The predicted molar refractivity (Wildman–Crippen MR) is 48.4 cm³/mol. The van der Waals surface area contributed by atoms with Gasteiger partial charge in [-0.3, -0.25) is 15.1 Å². The van der Waals surface area contributed by atoms with Gasteiger partial charge in [0.2, 0.25) is 0 Å². The third-order valence-electron chi connectivity index (χ3n) is 1.80. The van der Waals surface area contributed by atoms with E-state index in [4.69, 9.17) is 0 Å². The monoisotopic (exact) mass is 174 g/mol. The summed E-state index contributed by atoms with van der Waals surface area (Å²) in [7, 11) is 0. The van der Waals surface area contributed by atoms with E-state index in [1.54, 1.807) is 18.3 Å². The van der Waals surface area contributed by atoms with Gasteiger partial charge in [0.1, 0.15) is 0 Å². The average molecular weight is 174 g/mol. The van der Waals surface area contributed by atoms with E-state index in [-0.39, 0.29) is 5.69 Å². The number of nitro groups is 1. The number of nitro benzene ring substituents is 1. The Balaban J connectivity index is 2.69. The summed E-state index contributed by atoms with van der Waals surface area (Å²) in [6.07, 6.45) is 1.62. The molecule has 0 spiro atoms. The fraction of sp³-hybridized carbons (Fsp3) is 0. The number of benzene rings is 1. The molecular weight excluding hydrogens is 168 g/mol. The molecule has 0 N–H and O–H groups in total. The fourth-order valence-corrected chi connectivity index (χ4v) is 1.17. The molecule has 2 aromatic rings. The molecule has 0 saturated heterocycles. The first kappa shape index (κ1) is 7.67. The van der Waals surface area contributed by atoms with Crippen LogP contribution in [-0.2, 0) is 0 Å². The van der Waals surface area contributed by atoms with Crippen molar-refractivity contribution in [3.63, 3.8) is 0 Å². The Labute approximate surface area is 74.0 Å². The molecule has 0 aliphatic heterocycles. The summed E-state index contributed by atoms with van der Waals surface area (Å²) in [6.45, 7) is 0. The predicted octanol–water partition coefficient (Wildman–Crippen LogP) is 2.14. The molecule has 0 saturated carbocycles. The van der Waals surface area contributed by atoms with Gasteiger partial charge in [0.05, 0.1) is 10.4 Å². The summed E-state index contributed by atoms with van der Waals surface area (Å²) in [4.78, 5) is 14.0. The van der Waals surface area contributed by atoms with Crippen molar-refractivity contribution >= 4 is 16.6 Å². The number of aromatic nitrogens is 1. The van der Waals surface area contributed by atoms with Crippen molar-refractivity contribution in [2.24, 2.45) is 0 Å². The van der Waals surface area contributed by atoms with Crippen LogP contribution in [0.25, 0.3) is 10.9 Å². The standard InChI is InChI=1S/C9H6N2O2/c12-11(13)8-4-3-7-2-1-5-10-9(7)6-8/h1-6H. The van der Waals surface area contributed by atoms with Gasteiger partial charge in [-0.2, -0.15) is 0 Å². The Morgan fingerprint density at radius 2 is 2.15 bits per heavy atom. The molecule has 1 aromatic carbocycles. The highest BCUT2D eigenvalue weighted by atomic mass is 16.6. The van der Waals surface area contributed by atoms with E-state index in [9.17, 15) is 10.1 Å². The second-order valence-corrected chi connectivity index (χ2v) is 2.64. The normalized spacial score (nSPS) is 10.2. The average Bonchev–Trinajstić information content (AvgIpc) is 2.17. The van der Waals surface area contributed by atoms with Crippen molar-refractivity contribution in [3.05, 3.63) is 46.6 Å². The smallest absolute Gasteiger partial charge is 0.258 e. The molecule has 2 rings (SSSR count). The maximum atomic E-state index is 10.4. The van der Waals surface area contributed by atoms with Crippen molar-refractivity contribution in [1.82, 2.24) is 4.98 Å². The van der Waals surface area contributed by atoms with E-state index in [0.717, 1.165) is 5.39 Å². The van der Waals surface area contributed by atoms with Gasteiger partial charge in [-0.1, -0.05) is 6.07 Å². The summed E-state index contributed by atoms with van der Waals surface area (Å²) >= 11 is 0. The van der Waals surface area contributed by atoms with Crippen LogP contribution in [0.3, 0.4) is 0 Å². The number of nitrogens with zero attached hydrogens (tertiary/aromatic N) is 2. The molecule has 0 bridgehead atoms. The van der Waals surface area contributed by atoms with Crippen LogP contribution in [0, 0.1) is 10.1 Å². The molecule has 0 radical (unpaired) electrons. The number of non-ortho nitro benzene ring substituents is 1. The van der Waals surface area contributed by atoms with E-state index in [2.05, 4.69) is 4.98 Å². The van der Waals surface area contributed by atoms with Gasteiger partial charge in [-0.15, -0.1) is 0 Å². The zero-order chi connectivity index (χ0) is 9.26. The SMILES string of the molecule is O=[N+]([O-])c1ccc2cccnc2c1. The molecule has 0 fully saturated rings. The van der Waals surface area contributed by atoms with E-state index in [1.165, 1.54) is 12.1 Å². The maximum absolute atomic E-state index is 10.4. The number of hydrogen-bond acceptors (Lipinski definition) is 3. The van der Waals surface area contributed by atoms with Crippen LogP contribution in [0.4, 0.5) is 5.69 Å². The Bertz CT molecular complexity index is 468. The molecular formula is C9H6N2O2. The lowest BCUT2D eigenvalue weighted by molar-refractivity contribution is -0.384. The van der Waals surface area contributed by atoms with E-state index >= 15 is 0 Å². The molecule has 1 aromatic heterocycles. The Hall–Kier alpha value is -1.97. The number of pyridine rings is 1. The highest BCUT2D eigenvalue weighted by Gasteiger charge is 2.05. The van der Waals surface area contributed by atoms with Crippen molar-refractivity contribution < 1.29 is 4.92 Å². The first-order valence-corrected chi connectivity index (χ1v) is 3.76. The quantitative estimate of drug-likeness (QED) is 0.491. The van der Waals surface area contributed by atoms with Gasteiger partial charge in [-0.25, -0.2) is 0 Å². The van der Waals surface area contributed by atoms with Crippen LogP contribution in [-0.4, -0.2) is 9.91 Å². The van der Waals surface area contributed by atoms with E-state index in [0.29, 0.717) is 5.52 Å². The minimum absolute atomic E-state index is 0.0752. The van der Waals surface area contributed by atoms with Gasteiger partial charge in [-0.05, 0) is 12.1 Å². The molecule has 0 amide bonds. The largest absolute Gasteiger partial charge is 0.271 e. The lowest BCUT2D eigenvalue weighted by Crippen LogP contribution is -1.87. The number of fused-ring (bicyclic) bond motifs is 1. The molecule has 64 valence electrons. The first-order valence-electron chi connectivity index (χ1n) is 3.76. The van der Waals surface area contributed by atoms with Crippen molar-refractivity contribution in [3.8, 4) is 0 Å². The van der Waals surface area contributed by atoms with Crippen LogP contribution in [0.15, 0.2) is 36.5 Å².